The fraction of sp³-hybridized carbons (Fsp3) is 0.250. The predicted octanol–water partition coefficient (Wildman–Crippen LogP) is 7.91. The van der Waals surface area contributed by atoms with Gasteiger partial charge in [0.2, 0.25) is 0 Å². The van der Waals surface area contributed by atoms with E-state index in [1.807, 2.05) is 0 Å². The highest BCUT2D eigenvalue weighted by molar-refractivity contribution is 9.12. The molecule has 0 saturated heterocycles. The minimum atomic E-state index is 0.208. The smallest absolute Gasteiger partial charge is 0.0572 e. The van der Waals surface area contributed by atoms with Gasteiger partial charge in [-0.25, -0.2) is 0 Å². The predicted molar refractivity (Wildman–Crippen MR) is 107 cm³/mol. The monoisotopic (exact) mass is 598 g/mol. The average Bonchev–Trinajstić information content (AvgIpc) is 2.51. The lowest BCUT2D eigenvalue weighted by Gasteiger charge is -2.24. The first kappa shape index (κ1) is 16.7. The van der Waals surface area contributed by atoms with Crippen LogP contribution in [-0.2, 0) is 0 Å². The Bertz CT molecular complexity index is 652. The van der Waals surface area contributed by atoms with E-state index in [1.54, 1.807) is 0 Å². The van der Waals surface area contributed by atoms with E-state index in [0.29, 0.717) is 0 Å². The van der Waals surface area contributed by atoms with Crippen molar-refractivity contribution in [2.75, 3.05) is 0 Å². The van der Waals surface area contributed by atoms with E-state index < -0.39 is 0 Å². The van der Waals surface area contributed by atoms with Crippen LogP contribution >= 0.6 is 79.6 Å². The SMILES string of the molecule is Brc1cc2ccc1C(Br)C(Br)c1ccc(cc1)C(Br)C2Br. The molecule has 4 bridgehead atoms. The van der Waals surface area contributed by atoms with Gasteiger partial charge in [-0.3, -0.25) is 0 Å². The third kappa shape index (κ3) is 3.23. The fourth-order valence-electron chi connectivity index (χ4n) is 2.47. The molecule has 0 N–H and O–H groups in total. The summed E-state index contributed by atoms with van der Waals surface area (Å²) in [5, 5.41) is 0. The Morgan fingerprint density at radius 2 is 1.00 bits per heavy atom. The van der Waals surface area contributed by atoms with Crippen LogP contribution in [0, 0.1) is 0 Å². The molecule has 0 radical (unpaired) electrons. The fourth-order valence-corrected chi connectivity index (χ4v) is 5.91. The molecule has 0 aliphatic heterocycles. The molecule has 0 saturated carbocycles. The van der Waals surface area contributed by atoms with E-state index >= 15 is 0 Å². The lowest BCUT2D eigenvalue weighted by Crippen LogP contribution is -2.05. The van der Waals surface area contributed by atoms with Crippen molar-refractivity contribution in [2.45, 2.75) is 19.3 Å². The molecule has 4 aliphatic carbocycles. The summed E-state index contributed by atoms with van der Waals surface area (Å²) >= 11 is 19.0. The van der Waals surface area contributed by atoms with Crippen LogP contribution in [0.2, 0.25) is 0 Å². The number of halogens is 5. The summed E-state index contributed by atoms with van der Waals surface area (Å²) in [4.78, 5) is 0.889. The van der Waals surface area contributed by atoms with E-state index in [-0.39, 0.29) is 19.3 Å². The molecule has 0 fully saturated rings. The van der Waals surface area contributed by atoms with Gasteiger partial charge in [-0.2, -0.15) is 0 Å². The lowest BCUT2D eigenvalue weighted by molar-refractivity contribution is 0.896. The topological polar surface area (TPSA) is 0 Å². The molecule has 2 aromatic rings. The van der Waals surface area contributed by atoms with Crippen molar-refractivity contribution >= 4 is 79.6 Å². The number of alkyl halides is 4. The van der Waals surface area contributed by atoms with Crippen LogP contribution in [0.25, 0.3) is 0 Å². The summed E-state index contributed by atoms with van der Waals surface area (Å²) in [6, 6.07) is 15.4. The molecule has 21 heavy (non-hydrogen) atoms. The highest BCUT2D eigenvalue weighted by Crippen LogP contribution is 2.49. The van der Waals surface area contributed by atoms with Crippen molar-refractivity contribution < 1.29 is 0 Å². The lowest BCUT2D eigenvalue weighted by atomic mass is 9.96. The maximum atomic E-state index is 3.83. The van der Waals surface area contributed by atoms with Gasteiger partial charge in [0.05, 0.1) is 19.3 Å². The van der Waals surface area contributed by atoms with Crippen molar-refractivity contribution in [3.05, 3.63) is 69.2 Å². The second-order valence-corrected chi connectivity index (χ2v) is 9.86. The Kier molecular flexibility index (Phi) is 5.37. The van der Waals surface area contributed by atoms with Crippen LogP contribution in [-0.4, -0.2) is 0 Å². The van der Waals surface area contributed by atoms with Gasteiger partial charge < -0.3 is 0 Å². The van der Waals surface area contributed by atoms with Gasteiger partial charge in [0.15, 0.2) is 0 Å². The molecule has 4 aliphatic rings. The number of hydrogen-bond donors (Lipinski definition) is 0. The van der Waals surface area contributed by atoms with Gasteiger partial charge in [-0.1, -0.05) is 116 Å². The maximum absolute atomic E-state index is 3.83. The number of rotatable bonds is 0. The Morgan fingerprint density at radius 1 is 0.571 bits per heavy atom. The molecule has 0 aromatic heterocycles. The van der Waals surface area contributed by atoms with Crippen LogP contribution in [0.5, 0.6) is 0 Å². The van der Waals surface area contributed by atoms with Crippen LogP contribution in [0.1, 0.15) is 41.6 Å². The Balaban J connectivity index is 2.19. The van der Waals surface area contributed by atoms with E-state index in [0.717, 1.165) is 4.47 Å². The maximum Gasteiger partial charge on any atom is 0.0572 e. The summed E-state index contributed by atoms with van der Waals surface area (Å²) < 4.78 is 1.13. The first-order valence-corrected chi connectivity index (χ1v) is 10.9. The molecule has 5 heteroatoms. The van der Waals surface area contributed by atoms with Crippen molar-refractivity contribution in [2.24, 2.45) is 0 Å². The molecule has 2 aromatic carbocycles. The van der Waals surface area contributed by atoms with Crippen molar-refractivity contribution in [1.29, 1.82) is 0 Å². The van der Waals surface area contributed by atoms with Gasteiger partial charge in [0, 0.05) is 4.47 Å². The standard InChI is InChI=1S/C16H11Br5/c17-12-7-10-5-6-11(12)16(21)14(19)9-3-1-8(2-4-9)13(18)15(10)20/h1-7,13-16H. The Morgan fingerprint density at radius 3 is 1.52 bits per heavy atom. The third-order valence-corrected chi connectivity index (χ3v) is 10.0. The van der Waals surface area contributed by atoms with Crippen LogP contribution in [0.4, 0.5) is 0 Å². The second kappa shape index (κ2) is 6.76. The molecule has 110 valence electrons. The highest BCUT2D eigenvalue weighted by atomic mass is 79.9. The first-order chi connectivity index (χ1) is 9.99. The zero-order chi connectivity index (χ0) is 15.1. The molecule has 0 spiro atoms. The third-order valence-electron chi connectivity index (χ3n) is 3.73. The van der Waals surface area contributed by atoms with Crippen molar-refractivity contribution in [3.63, 3.8) is 0 Å². The number of hydrogen-bond acceptors (Lipinski definition) is 0. The first-order valence-electron chi connectivity index (χ1n) is 6.44. The van der Waals surface area contributed by atoms with E-state index in [9.17, 15) is 0 Å². The largest absolute Gasteiger partial charge is 0.0823 e. The molecular formula is C16H11Br5. The Hall–Kier alpha value is 0.840. The normalized spacial score (nSPS) is 28.2. The van der Waals surface area contributed by atoms with Crippen LogP contribution < -0.4 is 0 Å². The van der Waals surface area contributed by atoms with E-state index in [4.69, 9.17) is 0 Å². The van der Waals surface area contributed by atoms with Crippen molar-refractivity contribution in [1.82, 2.24) is 0 Å². The molecule has 0 heterocycles. The molecule has 4 unspecified atom stereocenters. The minimum absolute atomic E-state index is 0.208. The van der Waals surface area contributed by atoms with Gasteiger partial charge in [0.25, 0.3) is 0 Å². The zero-order valence-electron chi connectivity index (χ0n) is 10.7. The van der Waals surface area contributed by atoms with E-state index in [2.05, 4.69) is 122 Å². The van der Waals surface area contributed by atoms with E-state index in [1.165, 1.54) is 22.3 Å². The molecule has 6 rings (SSSR count). The molecule has 0 nitrogen and oxygen atoms in total. The van der Waals surface area contributed by atoms with Gasteiger partial charge in [-0.05, 0) is 28.3 Å². The van der Waals surface area contributed by atoms with Crippen molar-refractivity contribution in [3.8, 4) is 0 Å². The van der Waals surface area contributed by atoms with Gasteiger partial charge >= 0.3 is 0 Å². The second-order valence-electron chi connectivity index (χ2n) is 5.05. The minimum Gasteiger partial charge on any atom is -0.0823 e. The summed E-state index contributed by atoms with van der Waals surface area (Å²) in [5.41, 5.74) is 5.04. The molecule has 0 amide bonds. The zero-order valence-corrected chi connectivity index (χ0v) is 18.7. The Labute approximate surface area is 166 Å². The van der Waals surface area contributed by atoms with Gasteiger partial charge in [0.1, 0.15) is 0 Å². The molecule has 4 atom stereocenters. The number of benzene rings is 2. The summed E-state index contributed by atoms with van der Waals surface area (Å²) in [5.74, 6) is 0. The summed E-state index contributed by atoms with van der Waals surface area (Å²) in [7, 11) is 0. The average molecular weight is 603 g/mol. The van der Waals surface area contributed by atoms with Crippen LogP contribution in [0.15, 0.2) is 46.9 Å². The summed E-state index contributed by atoms with van der Waals surface area (Å²) in [6.07, 6.45) is 0. The molecular weight excluding hydrogens is 592 g/mol. The quantitative estimate of drug-likeness (QED) is 0.269. The summed E-state index contributed by atoms with van der Waals surface area (Å²) in [6.45, 7) is 0. The van der Waals surface area contributed by atoms with Crippen LogP contribution in [0.3, 0.4) is 0 Å². The highest BCUT2D eigenvalue weighted by Gasteiger charge is 2.26. The van der Waals surface area contributed by atoms with Gasteiger partial charge in [-0.15, -0.1) is 0 Å².